The van der Waals surface area contributed by atoms with Crippen molar-refractivity contribution in [3.63, 3.8) is 0 Å². The Kier molecular flexibility index (Phi) is 7.43. The molecule has 6 heteroatoms. The Morgan fingerprint density at radius 2 is 1.73 bits per heavy atom. The zero-order valence-corrected chi connectivity index (χ0v) is 27.3. The molecule has 0 radical (unpaired) electrons. The molecule has 6 fully saturated rings. The Labute approximate surface area is 249 Å². The number of hydrogen-bond acceptors (Lipinski definition) is 5. The van der Waals surface area contributed by atoms with Crippen molar-refractivity contribution in [2.24, 2.45) is 51.2 Å². The van der Waals surface area contributed by atoms with Crippen molar-refractivity contribution in [3.8, 4) is 0 Å². The first-order valence-electron chi connectivity index (χ1n) is 17.2. The number of aliphatic hydroxyl groups is 1. The van der Waals surface area contributed by atoms with Gasteiger partial charge in [-0.1, -0.05) is 34.6 Å². The van der Waals surface area contributed by atoms with Crippen molar-refractivity contribution in [1.82, 2.24) is 5.32 Å². The lowest BCUT2D eigenvalue weighted by Gasteiger charge is -2.59. The van der Waals surface area contributed by atoms with E-state index in [1.165, 1.54) is 44.9 Å². The van der Waals surface area contributed by atoms with Gasteiger partial charge in [0.05, 0.1) is 17.8 Å². The summed E-state index contributed by atoms with van der Waals surface area (Å²) in [5.74, 6) is 3.48. The summed E-state index contributed by atoms with van der Waals surface area (Å²) in [6.45, 7) is 19.1. The molecule has 6 aliphatic rings. The van der Waals surface area contributed by atoms with Crippen LogP contribution in [0.15, 0.2) is 0 Å². The van der Waals surface area contributed by atoms with Crippen LogP contribution in [0.5, 0.6) is 0 Å². The van der Waals surface area contributed by atoms with Crippen molar-refractivity contribution in [1.29, 1.82) is 0 Å². The summed E-state index contributed by atoms with van der Waals surface area (Å²) in [6.07, 6.45) is 11.5. The smallest absolute Gasteiger partial charge is 0.407 e. The average Bonchev–Trinajstić information content (AvgIpc) is 3.29. The summed E-state index contributed by atoms with van der Waals surface area (Å²) in [7, 11) is 0. The molecule has 234 valence electrons. The highest BCUT2D eigenvalue weighted by Crippen LogP contribution is 2.89. The van der Waals surface area contributed by atoms with Crippen LogP contribution in [0.1, 0.15) is 120 Å². The van der Waals surface area contributed by atoms with Crippen molar-refractivity contribution in [2.45, 2.75) is 150 Å². The molecular formula is C35H59NO5. The average molecular weight is 574 g/mol. The van der Waals surface area contributed by atoms with Crippen molar-refractivity contribution >= 4 is 6.09 Å². The number of alkyl carbamates (subject to hydrolysis) is 1. The van der Waals surface area contributed by atoms with Gasteiger partial charge >= 0.3 is 6.09 Å². The summed E-state index contributed by atoms with van der Waals surface area (Å²) in [4.78, 5) is 12.6. The number of carbonyl (C=O) groups is 1. The van der Waals surface area contributed by atoms with Crippen LogP contribution in [-0.2, 0) is 14.2 Å². The quantitative estimate of drug-likeness (QED) is 0.339. The number of hydrogen-bond donors (Lipinski definition) is 2. The molecule has 2 N–H and O–H groups in total. The fraction of sp³-hybridized carbons (Fsp3) is 0.971. The molecule has 0 aromatic carbocycles. The second-order valence-corrected chi connectivity index (χ2v) is 16.5. The molecule has 5 saturated carbocycles. The molecule has 12 atom stereocenters. The molecule has 1 aliphatic heterocycles. The summed E-state index contributed by atoms with van der Waals surface area (Å²) >= 11 is 0. The zero-order chi connectivity index (χ0) is 29.6. The molecule has 5 aliphatic carbocycles. The summed E-state index contributed by atoms with van der Waals surface area (Å²) < 4.78 is 19.1. The molecule has 6 nitrogen and oxygen atoms in total. The van der Waals surface area contributed by atoms with E-state index in [9.17, 15) is 9.90 Å². The lowest BCUT2D eigenvalue weighted by Crippen LogP contribution is -2.55. The predicted octanol–water partition coefficient (Wildman–Crippen LogP) is 7.12. The molecule has 6 rings (SSSR count). The van der Waals surface area contributed by atoms with Crippen LogP contribution < -0.4 is 5.32 Å². The number of amides is 1. The van der Waals surface area contributed by atoms with E-state index in [1.54, 1.807) is 0 Å². The molecule has 41 heavy (non-hydrogen) atoms. The van der Waals surface area contributed by atoms with Gasteiger partial charge in [0.25, 0.3) is 0 Å². The number of fused-ring (bicyclic) bond motifs is 4. The minimum absolute atomic E-state index is 0.000943. The largest absolute Gasteiger partial charge is 0.446 e. The van der Waals surface area contributed by atoms with Gasteiger partial charge in [0.1, 0.15) is 12.2 Å². The Morgan fingerprint density at radius 1 is 1.00 bits per heavy atom. The number of nitrogens with one attached hydrogen (secondary N) is 1. The SMILES string of the molecule is CCCNC(=O)OC1CCC23C(C)C24CCC2(C)C5CCC(C(OCC)C(C)(C)O)OC5CC2C4CC[C@H]3C1(C)C. The van der Waals surface area contributed by atoms with Gasteiger partial charge in [-0.2, -0.15) is 0 Å². The minimum Gasteiger partial charge on any atom is -0.446 e. The Bertz CT molecular complexity index is 1010. The second kappa shape index (κ2) is 10.1. The minimum atomic E-state index is -0.910. The molecule has 1 amide bonds. The molecule has 0 aromatic rings. The normalized spacial score (nSPS) is 48.5. The van der Waals surface area contributed by atoms with Crippen LogP contribution in [0.4, 0.5) is 4.79 Å². The van der Waals surface area contributed by atoms with E-state index in [-0.39, 0.29) is 35.9 Å². The van der Waals surface area contributed by atoms with Crippen LogP contribution in [-0.4, -0.2) is 54.4 Å². The molecular weight excluding hydrogens is 514 g/mol. The van der Waals surface area contributed by atoms with E-state index in [0.717, 1.165) is 37.0 Å². The lowest BCUT2D eigenvalue weighted by atomic mass is 9.46. The first-order valence-corrected chi connectivity index (χ1v) is 17.2. The molecule has 1 heterocycles. The zero-order valence-electron chi connectivity index (χ0n) is 27.3. The van der Waals surface area contributed by atoms with Gasteiger partial charge in [-0.25, -0.2) is 4.79 Å². The van der Waals surface area contributed by atoms with Crippen LogP contribution >= 0.6 is 0 Å². The summed E-state index contributed by atoms with van der Waals surface area (Å²) in [5, 5.41) is 13.8. The standard InChI is InChI=1S/C35H59NO5/c1-9-19-36-30(37)41-28-15-16-35-21(3)34(35)18-17-33(8)23-11-13-25(29(39-10-2)32(6,7)38)40-26(23)20-24(33)22(34)12-14-27(35)31(28,4)5/h21-29,38H,9-20H2,1-8H3,(H,36,37)/t21?,22?,23?,24?,25?,26?,27-,28?,29?,33?,34?,35?/m0/s1. The highest BCUT2D eigenvalue weighted by Gasteiger charge is 2.84. The van der Waals surface area contributed by atoms with E-state index in [4.69, 9.17) is 14.2 Å². The number of ether oxygens (including phenoxy) is 3. The summed E-state index contributed by atoms with van der Waals surface area (Å²) in [5.41, 5.74) is 0.286. The third kappa shape index (κ3) is 4.15. The third-order valence-electron chi connectivity index (χ3n) is 14.4. The van der Waals surface area contributed by atoms with Crippen LogP contribution in [0, 0.1) is 51.2 Å². The predicted molar refractivity (Wildman–Crippen MR) is 160 cm³/mol. The highest BCUT2D eigenvalue weighted by molar-refractivity contribution is 5.67. The molecule has 0 aromatic heterocycles. The first-order chi connectivity index (χ1) is 19.3. The van der Waals surface area contributed by atoms with Gasteiger partial charge in [0.2, 0.25) is 0 Å². The van der Waals surface area contributed by atoms with Crippen molar-refractivity contribution < 1.29 is 24.1 Å². The van der Waals surface area contributed by atoms with E-state index < -0.39 is 5.60 Å². The van der Waals surface area contributed by atoms with Gasteiger partial charge in [-0.3, -0.25) is 0 Å². The van der Waals surface area contributed by atoms with Crippen LogP contribution in [0.2, 0.25) is 0 Å². The van der Waals surface area contributed by atoms with Crippen molar-refractivity contribution in [3.05, 3.63) is 0 Å². The van der Waals surface area contributed by atoms with Gasteiger partial charge < -0.3 is 24.6 Å². The fourth-order valence-electron chi connectivity index (χ4n) is 12.8. The van der Waals surface area contributed by atoms with Gasteiger partial charge in [-0.05, 0) is 131 Å². The van der Waals surface area contributed by atoms with E-state index in [0.29, 0.717) is 41.2 Å². The Hall–Kier alpha value is -0.850. The number of rotatable bonds is 7. The van der Waals surface area contributed by atoms with E-state index in [1.807, 2.05) is 20.8 Å². The van der Waals surface area contributed by atoms with E-state index >= 15 is 0 Å². The second-order valence-electron chi connectivity index (χ2n) is 16.5. The van der Waals surface area contributed by atoms with Crippen molar-refractivity contribution in [2.75, 3.05) is 13.2 Å². The van der Waals surface area contributed by atoms with E-state index in [2.05, 4.69) is 39.9 Å². The monoisotopic (exact) mass is 573 g/mol. The maximum absolute atomic E-state index is 12.6. The van der Waals surface area contributed by atoms with Gasteiger partial charge in [-0.15, -0.1) is 0 Å². The molecule has 0 bridgehead atoms. The third-order valence-corrected chi connectivity index (χ3v) is 14.4. The Morgan fingerprint density at radius 3 is 2.41 bits per heavy atom. The maximum Gasteiger partial charge on any atom is 0.407 e. The topological polar surface area (TPSA) is 77.0 Å². The van der Waals surface area contributed by atoms with Gasteiger partial charge in [0, 0.05) is 18.6 Å². The lowest BCUT2D eigenvalue weighted by molar-refractivity contribution is -0.193. The van der Waals surface area contributed by atoms with Gasteiger partial charge in [0.15, 0.2) is 0 Å². The molecule has 11 unspecified atom stereocenters. The highest BCUT2D eigenvalue weighted by atomic mass is 16.6. The first kappa shape index (κ1) is 30.2. The fourth-order valence-corrected chi connectivity index (χ4v) is 12.8. The maximum atomic E-state index is 12.6. The molecule has 2 spiro atoms. The van der Waals surface area contributed by atoms with Crippen LogP contribution in [0.25, 0.3) is 0 Å². The number of carbonyl (C=O) groups excluding carboxylic acids is 1. The van der Waals surface area contributed by atoms with Crippen LogP contribution in [0.3, 0.4) is 0 Å². The summed E-state index contributed by atoms with van der Waals surface area (Å²) in [6, 6.07) is 0. The molecule has 1 saturated heterocycles. The Balaban J connectivity index is 1.21.